The first-order chi connectivity index (χ1) is 15.0. The van der Waals surface area contributed by atoms with Gasteiger partial charge in [0, 0.05) is 12.0 Å². The van der Waals surface area contributed by atoms with Gasteiger partial charge in [0.05, 0.1) is 25.3 Å². The normalized spacial score (nSPS) is 11.8. The third-order valence-electron chi connectivity index (χ3n) is 4.37. The molecule has 1 amide bonds. The van der Waals surface area contributed by atoms with Crippen molar-refractivity contribution < 1.29 is 33.4 Å². The van der Waals surface area contributed by atoms with E-state index in [1.165, 1.54) is 32.4 Å². The van der Waals surface area contributed by atoms with E-state index in [0.29, 0.717) is 11.1 Å². The van der Waals surface area contributed by atoms with Crippen LogP contribution in [0.1, 0.15) is 57.4 Å². The molecule has 32 heavy (non-hydrogen) atoms. The van der Waals surface area contributed by atoms with Crippen molar-refractivity contribution in [3.8, 4) is 0 Å². The van der Waals surface area contributed by atoms with E-state index >= 15 is 0 Å². The lowest BCUT2D eigenvalue weighted by molar-refractivity contribution is -0.142. The van der Waals surface area contributed by atoms with E-state index in [1.807, 2.05) is 0 Å². The number of nitrogens with one attached hydrogen (secondary N) is 1. The second-order valence-corrected chi connectivity index (χ2v) is 8.02. The molecule has 2 aromatic rings. The standard InChI is InChI=1S/C24H27NO7/c1-24(2,3)32-22(28)16-11-9-15(10-12-16)13-19(23(29)31-5)25-20(26)17-7-6-8-18(14-17)21(27)30-4/h6-12,14,19H,13H2,1-5H3,(H,25,26)/t19-/m0/s1. The Morgan fingerprint density at radius 2 is 1.47 bits per heavy atom. The minimum Gasteiger partial charge on any atom is -0.467 e. The number of benzene rings is 2. The third-order valence-corrected chi connectivity index (χ3v) is 4.37. The summed E-state index contributed by atoms with van der Waals surface area (Å²) in [6, 6.07) is 11.5. The Hall–Kier alpha value is -3.68. The van der Waals surface area contributed by atoms with Gasteiger partial charge in [0.2, 0.25) is 0 Å². The van der Waals surface area contributed by atoms with Gasteiger partial charge in [-0.05, 0) is 56.7 Å². The van der Waals surface area contributed by atoms with Crippen molar-refractivity contribution in [1.29, 1.82) is 0 Å². The summed E-state index contributed by atoms with van der Waals surface area (Å²) in [5.41, 5.74) is 0.883. The van der Waals surface area contributed by atoms with Crippen molar-refractivity contribution in [3.05, 3.63) is 70.8 Å². The van der Waals surface area contributed by atoms with Gasteiger partial charge in [-0.1, -0.05) is 18.2 Å². The van der Waals surface area contributed by atoms with Gasteiger partial charge >= 0.3 is 17.9 Å². The molecule has 0 bridgehead atoms. The molecule has 1 atom stereocenters. The van der Waals surface area contributed by atoms with E-state index in [9.17, 15) is 19.2 Å². The molecule has 8 nitrogen and oxygen atoms in total. The highest BCUT2D eigenvalue weighted by Crippen LogP contribution is 2.14. The Balaban J connectivity index is 2.14. The van der Waals surface area contributed by atoms with Gasteiger partial charge in [-0.2, -0.15) is 0 Å². The lowest BCUT2D eigenvalue weighted by Crippen LogP contribution is -2.43. The summed E-state index contributed by atoms with van der Waals surface area (Å²) in [6.07, 6.45) is 0.143. The van der Waals surface area contributed by atoms with Gasteiger partial charge in [0.1, 0.15) is 11.6 Å². The Morgan fingerprint density at radius 3 is 2.03 bits per heavy atom. The number of ether oxygens (including phenoxy) is 3. The first-order valence-electron chi connectivity index (χ1n) is 9.93. The maximum absolute atomic E-state index is 12.7. The van der Waals surface area contributed by atoms with E-state index in [0.717, 1.165) is 0 Å². The molecule has 170 valence electrons. The maximum Gasteiger partial charge on any atom is 0.338 e. The highest BCUT2D eigenvalue weighted by Gasteiger charge is 2.24. The minimum absolute atomic E-state index is 0.143. The molecule has 0 saturated heterocycles. The number of hydrogen-bond acceptors (Lipinski definition) is 7. The van der Waals surface area contributed by atoms with Crippen molar-refractivity contribution in [2.75, 3.05) is 14.2 Å². The maximum atomic E-state index is 12.7. The van der Waals surface area contributed by atoms with E-state index in [1.54, 1.807) is 51.1 Å². The fraction of sp³-hybridized carbons (Fsp3) is 0.333. The Bertz CT molecular complexity index is 990. The summed E-state index contributed by atoms with van der Waals surface area (Å²) in [5.74, 6) is -2.20. The topological polar surface area (TPSA) is 108 Å². The molecule has 0 unspecified atom stereocenters. The van der Waals surface area contributed by atoms with Crippen LogP contribution in [0.4, 0.5) is 0 Å². The van der Waals surface area contributed by atoms with E-state index in [-0.39, 0.29) is 17.5 Å². The smallest absolute Gasteiger partial charge is 0.338 e. The van der Waals surface area contributed by atoms with Gasteiger partial charge in [-0.3, -0.25) is 4.79 Å². The summed E-state index contributed by atoms with van der Waals surface area (Å²) in [6.45, 7) is 5.34. The van der Waals surface area contributed by atoms with Crippen molar-refractivity contribution >= 4 is 23.8 Å². The molecule has 0 aliphatic rings. The highest BCUT2D eigenvalue weighted by molar-refractivity contribution is 5.99. The molecule has 2 aromatic carbocycles. The van der Waals surface area contributed by atoms with Crippen LogP contribution < -0.4 is 5.32 Å². The molecule has 0 spiro atoms. The van der Waals surface area contributed by atoms with Gasteiger partial charge in [-0.25, -0.2) is 14.4 Å². The molecule has 0 radical (unpaired) electrons. The number of methoxy groups -OCH3 is 2. The average molecular weight is 441 g/mol. The number of hydrogen-bond donors (Lipinski definition) is 1. The lowest BCUT2D eigenvalue weighted by atomic mass is 10.0. The molecule has 8 heteroatoms. The molecule has 2 rings (SSSR count). The number of carbonyl (C=O) groups is 4. The van der Waals surface area contributed by atoms with E-state index < -0.39 is 35.5 Å². The molecular weight excluding hydrogens is 414 g/mol. The van der Waals surface area contributed by atoms with E-state index in [2.05, 4.69) is 10.1 Å². The summed E-state index contributed by atoms with van der Waals surface area (Å²) in [4.78, 5) is 48.8. The van der Waals surface area contributed by atoms with Gasteiger partial charge in [0.25, 0.3) is 5.91 Å². The Labute approximate surface area is 186 Å². The molecule has 0 aliphatic heterocycles. The van der Waals surface area contributed by atoms with Gasteiger partial charge < -0.3 is 19.5 Å². The SMILES string of the molecule is COC(=O)c1cccc(C(=O)N[C@@H](Cc2ccc(C(=O)OC(C)(C)C)cc2)C(=O)OC)c1. The predicted octanol–water partition coefficient (Wildman–Crippen LogP) is 2.94. The molecule has 0 fully saturated rings. The quantitative estimate of drug-likeness (QED) is 0.520. The second-order valence-electron chi connectivity index (χ2n) is 8.02. The van der Waals surface area contributed by atoms with Crippen LogP contribution in [0, 0.1) is 0 Å². The molecule has 0 aliphatic carbocycles. The monoisotopic (exact) mass is 441 g/mol. The molecular formula is C24H27NO7. The van der Waals surface area contributed by atoms with Gasteiger partial charge in [-0.15, -0.1) is 0 Å². The molecule has 0 saturated carbocycles. The number of rotatable bonds is 7. The zero-order valence-electron chi connectivity index (χ0n) is 18.8. The first-order valence-corrected chi connectivity index (χ1v) is 9.93. The van der Waals surface area contributed by atoms with Crippen molar-refractivity contribution in [1.82, 2.24) is 5.32 Å². The summed E-state index contributed by atoms with van der Waals surface area (Å²) in [7, 11) is 2.47. The van der Waals surface area contributed by atoms with E-state index in [4.69, 9.17) is 9.47 Å². The van der Waals surface area contributed by atoms with Crippen molar-refractivity contribution in [3.63, 3.8) is 0 Å². The second kappa shape index (κ2) is 10.6. The molecule has 0 heterocycles. The first kappa shape index (κ1) is 24.6. The van der Waals surface area contributed by atoms with Crippen LogP contribution in [0.25, 0.3) is 0 Å². The van der Waals surface area contributed by atoms with Crippen LogP contribution in [0.2, 0.25) is 0 Å². The van der Waals surface area contributed by atoms with Crippen LogP contribution >= 0.6 is 0 Å². The summed E-state index contributed by atoms with van der Waals surface area (Å²) < 4.78 is 14.8. The zero-order valence-corrected chi connectivity index (χ0v) is 18.8. The average Bonchev–Trinajstić information content (AvgIpc) is 2.76. The Morgan fingerprint density at radius 1 is 0.844 bits per heavy atom. The van der Waals surface area contributed by atoms with Crippen LogP contribution in [0.3, 0.4) is 0 Å². The molecule has 0 aromatic heterocycles. The fourth-order valence-electron chi connectivity index (χ4n) is 2.83. The van der Waals surface area contributed by atoms with Crippen molar-refractivity contribution in [2.24, 2.45) is 0 Å². The summed E-state index contributed by atoms with van der Waals surface area (Å²) >= 11 is 0. The highest BCUT2D eigenvalue weighted by atomic mass is 16.6. The largest absolute Gasteiger partial charge is 0.467 e. The van der Waals surface area contributed by atoms with Crippen LogP contribution in [0.15, 0.2) is 48.5 Å². The minimum atomic E-state index is -0.971. The van der Waals surface area contributed by atoms with Crippen LogP contribution in [-0.4, -0.2) is 49.7 Å². The van der Waals surface area contributed by atoms with Gasteiger partial charge in [0.15, 0.2) is 0 Å². The number of carbonyl (C=O) groups excluding carboxylic acids is 4. The zero-order chi connectivity index (χ0) is 23.9. The number of esters is 3. The third kappa shape index (κ3) is 6.94. The van der Waals surface area contributed by atoms with Crippen molar-refractivity contribution in [2.45, 2.75) is 38.8 Å². The molecule has 1 N–H and O–H groups in total. The van der Waals surface area contributed by atoms with Crippen LogP contribution in [0.5, 0.6) is 0 Å². The Kier molecular flexibility index (Phi) is 8.12. The summed E-state index contributed by atoms with van der Waals surface area (Å²) in [5, 5.41) is 2.63. The fourth-order valence-corrected chi connectivity index (χ4v) is 2.83. The lowest BCUT2D eigenvalue weighted by Gasteiger charge is -2.20. The number of amides is 1. The van der Waals surface area contributed by atoms with Crippen LogP contribution in [-0.2, 0) is 25.4 Å². The predicted molar refractivity (Wildman–Crippen MR) is 116 cm³/mol.